The summed E-state index contributed by atoms with van der Waals surface area (Å²) in [6.07, 6.45) is 1.22. The van der Waals surface area contributed by atoms with Gasteiger partial charge in [-0.2, -0.15) is 11.3 Å². The van der Waals surface area contributed by atoms with Gasteiger partial charge in [0.1, 0.15) is 5.01 Å². The van der Waals surface area contributed by atoms with E-state index in [1.54, 1.807) is 22.7 Å². The fourth-order valence-electron chi connectivity index (χ4n) is 3.59. The van der Waals surface area contributed by atoms with E-state index in [0.717, 1.165) is 39.2 Å². The van der Waals surface area contributed by atoms with Crippen molar-refractivity contribution >= 4 is 55.4 Å². The third-order valence-electron chi connectivity index (χ3n) is 4.96. The highest BCUT2D eigenvalue weighted by Gasteiger charge is 2.25. The van der Waals surface area contributed by atoms with E-state index in [2.05, 4.69) is 43.4 Å². The summed E-state index contributed by atoms with van der Waals surface area (Å²) >= 11 is 6.88. The van der Waals surface area contributed by atoms with Crippen LogP contribution in [0.5, 0.6) is 0 Å². The zero-order valence-corrected chi connectivity index (χ0v) is 17.6. The summed E-state index contributed by atoms with van der Waals surface area (Å²) in [5, 5.41) is 8.33. The molecule has 0 bridgehead atoms. The molecule has 0 spiro atoms. The van der Waals surface area contributed by atoms with E-state index in [4.69, 9.17) is 0 Å². The zero-order valence-electron chi connectivity index (χ0n) is 14.4. The number of hydrogen-bond acceptors (Lipinski definition) is 4. The van der Waals surface area contributed by atoms with Crippen LogP contribution in [0.4, 0.5) is 0 Å². The zero-order chi connectivity index (χ0) is 18.4. The molecule has 1 N–H and O–H groups in total. The second-order valence-corrected chi connectivity index (χ2v) is 9.14. The Morgan fingerprint density at radius 3 is 3.07 bits per heavy atom. The van der Waals surface area contributed by atoms with E-state index < -0.39 is 0 Å². The number of H-pyrrole nitrogens is 1. The normalized spacial score (nSPS) is 13.9. The van der Waals surface area contributed by atoms with Crippen LogP contribution in [-0.2, 0) is 24.2 Å². The average Bonchev–Trinajstić information content (AvgIpc) is 3.41. The second kappa shape index (κ2) is 6.89. The number of para-hydroxylation sites is 1. The molecule has 5 rings (SSSR count). The van der Waals surface area contributed by atoms with Crippen LogP contribution in [0, 0.1) is 0 Å². The predicted octanol–water partition coefficient (Wildman–Crippen LogP) is 5.24. The summed E-state index contributed by atoms with van der Waals surface area (Å²) in [6.45, 7) is 1.41. The topological polar surface area (TPSA) is 49.0 Å². The van der Waals surface area contributed by atoms with Crippen molar-refractivity contribution in [3.8, 4) is 10.6 Å². The number of amides is 1. The third kappa shape index (κ3) is 3.13. The smallest absolute Gasteiger partial charge is 0.228 e. The summed E-state index contributed by atoms with van der Waals surface area (Å²) in [7, 11) is 0. The molecule has 0 saturated heterocycles. The first-order valence-corrected chi connectivity index (χ1v) is 11.3. The quantitative estimate of drug-likeness (QED) is 0.456. The van der Waals surface area contributed by atoms with Crippen LogP contribution in [0.25, 0.3) is 21.5 Å². The maximum absolute atomic E-state index is 12.9. The maximum atomic E-state index is 12.9. The highest BCUT2D eigenvalue weighted by molar-refractivity contribution is 9.10. The number of carbonyl (C=O) groups is 1. The minimum Gasteiger partial charge on any atom is -0.357 e. The lowest BCUT2D eigenvalue weighted by molar-refractivity contribution is -0.131. The summed E-state index contributed by atoms with van der Waals surface area (Å²) in [4.78, 5) is 23.0. The molecule has 0 atom stereocenters. The van der Waals surface area contributed by atoms with Crippen molar-refractivity contribution in [2.45, 2.75) is 19.4 Å². The van der Waals surface area contributed by atoms with Gasteiger partial charge in [-0.25, -0.2) is 4.98 Å². The fourth-order valence-corrected chi connectivity index (χ4v) is 5.59. The maximum Gasteiger partial charge on any atom is 0.228 e. The number of thiophene rings is 1. The molecule has 3 aromatic heterocycles. The molecule has 0 aliphatic carbocycles. The van der Waals surface area contributed by atoms with Crippen molar-refractivity contribution < 1.29 is 4.79 Å². The number of halogens is 1. The van der Waals surface area contributed by atoms with Crippen LogP contribution in [-0.4, -0.2) is 27.3 Å². The molecule has 7 heteroatoms. The first kappa shape index (κ1) is 17.2. The number of benzene rings is 1. The number of rotatable bonds is 3. The summed E-state index contributed by atoms with van der Waals surface area (Å²) < 4.78 is 1.07. The van der Waals surface area contributed by atoms with Gasteiger partial charge in [-0.3, -0.25) is 4.79 Å². The van der Waals surface area contributed by atoms with Gasteiger partial charge in [-0.1, -0.05) is 12.1 Å². The molecular weight excluding hydrogens is 442 g/mol. The molecule has 1 amide bonds. The Labute approximate surface area is 173 Å². The van der Waals surface area contributed by atoms with Gasteiger partial charge in [-0.05, 0) is 33.4 Å². The SMILES string of the molecule is O=C(Cc1csc(-c2ccsc2)n1)N1CCc2[nH]c3c(Br)cccc3c2C1. The van der Waals surface area contributed by atoms with Crippen molar-refractivity contribution in [2.75, 3.05) is 6.54 Å². The number of aromatic nitrogens is 2. The van der Waals surface area contributed by atoms with Crippen LogP contribution < -0.4 is 0 Å². The van der Waals surface area contributed by atoms with E-state index in [0.29, 0.717) is 13.0 Å². The minimum atomic E-state index is 0.146. The minimum absolute atomic E-state index is 0.146. The van der Waals surface area contributed by atoms with Crippen molar-refractivity contribution in [3.63, 3.8) is 0 Å². The van der Waals surface area contributed by atoms with Gasteiger partial charge in [-0.15, -0.1) is 11.3 Å². The lowest BCUT2D eigenvalue weighted by Gasteiger charge is -2.27. The van der Waals surface area contributed by atoms with Crippen molar-refractivity contribution in [1.29, 1.82) is 0 Å². The van der Waals surface area contributed by atoms with E-state index in [-0.39, 0.29) is 5.91 Å². The fraction of sp³-hybridized carbons (Fsp3) is 0.200. The highest BCUT2D eigenvalue weighted by Crippen LogP contribution is 2.32. The van der Waals surface area contributed by atoms with Gasteiger partial charge in [0.25, 0.3) is 0 Å². The monoisotopic (exact) mass is 457 g/mol. The van der Waals surface area contributed by atoms with Crippen molar-refractivity contribution in [1.82, 2.24) is 14.9 Å². The molecule has 1 aliphatic rings. The summed E-state index contributed by atoms with van der Waals surface area (Å²) in [6, 6.07) is 8.27. The number of carbonyl (C=O) groups excluding carboxylic acids is 1. The largest absolute Gasteiger partial charge is 0.357 e. The van der Waals surface area contributed by atoms with Gasteiger partial charge in [0.15, 0.2) is 0 Å². The molecule has 4 aromatic rings. The average molecular weight is 458 g/mol. The third-order valence-corrected chi connectivity index (χ3v) is 7.25. The van der Waals surface area contributed by atoms with Gasteiger partial charge in [0, 0.05) is 57.0 Å². The molecule has 136 valence electrons. The Morgan fingerprint density at radius 2 is 2.22 bits per heavy atom. The summed E-state index contributed by atoms with van der Waals surface area (Å²) in [5.74, 6) is 0.146. The lowest BCUT2D eigenvalue weighted by Crippen LogP contribution is -2.36. The van der Waals surface area contributed by atoms with E-state index >= 15 is 0 Å². The summed E-state index contributed by atoms with van der Waals surface area (Å²) in [5.41, 5.74) is 5.60. The van der Waals surface area contributed by atoms with E-state index in [1.807, 2.05) is 27.8 Å². The van der Waals surface area contributed by atoms with Crippen molar-refractivity contribution in [2.24, 2.45) is 0 Å². The number of nitrogens with one attached hydrogen (secondary N) is 1. The molecular formula is C20H16BrN3OS2. The number of fused-ring (bicyclic) bond motifs is 3. The number of thiazole rings is 1. The van der Waals surface area contributed by atoms with Gasteiger partial charge in [0.2, 0.25) is 5.91 Å². The van der Waals surface area contributed by atoms with Crippen LogP contribution in [0.15, 0.2) is 44.9 Å². The Balaban J connectivity index is 1.35. The number of nitrogens with zero attached hydrogens (tertiary/aromatic N) is 2. The Hall–Kier alpha value is -1.96. The molecule has 4 heterocycles. The number of aromatic amines is 1. The van der Waals surface area contributed by atoms with Crippen LogP contribution in [0.3, 0.4) is 0 Å². The standard InChI is InChI=1S/C20H16BrN3OS2/c21-16-3-1-2-14-15-9-24(6-4-17(15)23-19(14)16)18(25)8-13-11-27-20(22-13)12-5-7-26-10-12/h1-3,5,7,10-11,23H,4,6,8-9H2. The molecule has 0 fully saturated rings. The van der Waals surface area contributed by atoms with Crippen LogP contribution in [0.1, 0.15) is 17.0 Å². The van der Waals surface area contributed by atoms with Crippen LogP contribution in [0.2, 0.25) is 0 Å². The predicted molar refractivity (Wildman–Crippen MR) is 114 cm³/mol. The first-order valence-electron chi connectivity index (χ1n) is 8.72. The molecule has 1 aromatic carbocycles. The Kier molecular flexibility index (Phi) is 4.38. The van der Waals surface area contributed by atoms with Gasteiger partial charge < -0.3 is 9.88 Å². The van der Waals surface area contributed by atoms with Gasteiger partial charge in [0.05, 0.1) is 17.6 Å². The molecule has 0 unspecified atom stereocenters. The van der Waals surface area contributed by atoms with E-state index in [9.17, 15) is 4.79 Å². The molecule has 1 aliphatic heterocycles. The Bertz CT molecular complexity index is 1130. The Morgan fingerprint density at radius 1 is 1.30 bits per heavy atom. The highest BCUT2D eigenvalue weighted by atomic mass is 79.9. The molecule has 4 nitrogen and oxygen atoms in total. The molecule has 0 radical (unpaired) electrons. The van der Waals surface area contributed by atoms with E-state index in [1.165, 1.54) is 16.6 Å². The van der Waals surface area contributed by atoms with Crippen LogP contribution >= 0.6 is 38.6 Å². The lowest BCUT2D eigenvalue weighted by atomic mass is 10.0. The number of hydrogen-bond donors (Lipinski definition) is 1. The first-order chi connectivity index (χ1) is 13.2. The molecule has 27 heavy (non-hydrogen) atoms. The second-order valence-electron chi connectivity index (χ2n) is 6.64. The van der Waals surface area contributed by atoms with Gasteiger partial charge >= 0.3 is 0 Å². The molecule has 0 saturated carbocycles. The van der Waals surface area contributed by atoms with Crippen molar-refractivity contribution in [3.05, 3.63) is 61.8 Å².